The van der Waals surface area contributed by atoms with E-state index in [0.29, 0.717) is 11.3 Å². The van der Waals surface area contributed by atoms with Crippen molar-refractivity contribution in [3.8, 4) is 11.5 Å². The Morgan fingerprint density at radius 2 is 2.00 bits per heavy atom. The number of pyridine rings is 1. The van der Waals surface area contributed by atoms with Gasteiger partial charge in [0.2, 0.25) is 0 Å². The van der Waals surface area contributed by atoms with Crippen LogP contribution in [0.1, 0.15) is 38.8 Å². The number of aromatic hydroxyl groups is 1. The normalized spacial score (nSPS) is 15.6. The van der Waals surface area contributed by atoms with Gasteiger partial charge in [-0.1, -0.05) is 12.1 Å². The molecule has 0 saturated heterocycles. The zero-order valence-electron chi connectivity index (χ0n) is 15.9. The summed E-state index contributed by atoms with van der Waals surface area (Å²) in [4.78, 5) is 3.99. The first-order chi connectivity index (χ1) is 12.6. The van der Waals surface area contributed by atoms with E-state index in [-0.39, 0.29) is 23.4 Å². The van der Waals surface area contributed by atoms with Crippen molar-refractivity contribution in [2.75, 3.05) is 0 Å². The van der Waals surface area contributed by atoms with Crippen molar-refractivity contribution in [2.45, 2.75) is 50.9 Å². The van der Waals surface area contributed by atoms with Gasteiger partial charge in [0.05, 0.1) is 0 Å². The van der Waals surface area contributed by atoms with Crippen LogP contribution in [0.4, 0.5) is 0 Å². The highest BCUT2D eigenvalue weighted by atomic mass is 32.2. The van der Waals surface area contributed by atoms with E-state index in [1.54, 1.807) is 18.2 Å². The van der Waals surface area contributed by atoms with Crippen molar-refractivity contribution in [1.29, 1.82) is 0 Å². The SMILES string of the molecule is CC(C)N(Cc1cc(O)c2c(c1)C=CC(C)(C)O2)S(=O)(=O)c1ccccn1. The Labute approximate surface area is 160 Å². The second-order valence-electron chi connectivity index (χ2n) is 7.38. The fourth-order valence-electron chi connectivity index (χ4n) is 2.95. The molecule has 0 radical (unpaired) electrons. The first-order valence-electron chi connectivity index (χ1n) is 8.77. The lowest BCUT2D eigenvalue weighted by Crippen LogP contribution is -2.36. The smallest absolute Gasteiger partial charge is 0.261 e. The predicted molar refractivity (Wildman–Crippen MR) is 104 cm³/mol. The Bertz CT molecular complexity index is 967. The van der Waals surface area contributed by atoms with Gasteiger partial charge in [-0.3, -0.25) is 0 Å². The zero-order chi connectivity index (χ0) is 19.8. The molecular weight excluding hydrogens is 364 g/mol. The van der Waals surface area contributed by atoms with Crippen LogP contribution in [-0.2, 0) is 16.6 Å². The molecule has 0 aliphatic carbocycles. The van der Waals surface area contributed by atoms with E-state index < -0.39 is 15.6 Å². The molecular formula is C20H24N2O4S. The van der Waals surface area contributed by atoms with Gasteiger partial charge in [-0.05, 0) is 63.6 Å². The third-order valence-corrected chi connectivity index (χ3v) is 6.25. The van der Waals surface area contributed by atoms with Gasteiger partial charge in [0.25, 0.3) is 10.0 Å². The van der Waals surface area contributed by atoms with Crippen LogP contribution in [0.3, 0.4) is 0 Å². The highest BCUT2D eigenvalue weighted by molar-refractivity contribution is 7.89. The Kier molecular flexibility index (Phi) is 5.01. The van der Waals surface area contributed by atoms with E-state index in [9.17, 15) is 13.5 Å². The highest BCUT2D eigenvalue weighted by Crippen LogP contribution is 2.39. The number of ether oxygens (including phenoxy) is 1. The van der Waals surface area contributed by atoms with E-state index in [2.05, 4.69) is 4.98 Å². The quantitative estimate of drug-likeness (QED) is 0.847. The molecule has 0 atom stereocenters. The number of hydrogen-bond donors (Lipinski definition) is 1. The summed E-state index contributed by atoms with van der Waals surface area (Å²) in [5.41, 5.74) is 0.897. The zero-order valence-corrected chi connectivity index (χ0v) is 16.7. The fourth-order valence-corrected chi connectivity index (χ4v) is 4.51. The molecule has 144 valence electrons. The number of benzene rings is 1. The number of phenols is 1. The largest absolute Gasteiger partial charge is 0.504 e. The molecule has 1 aromatic carbocycles. The topological polar surface area (TPSA) is 79.7 Å². The average Bonchev–Trinajstić information content (AvgIpc) is 2.60. The number of hydrogen-bond acceptors (Lipinski definition) is 5. The third kappa shape index (κ3) is 3.99. The molecule has 0 saturated carbocycles. The molecule has 1 aromatic heterocycles. The van der Waals surface area contributed by atoms with Crippen LogP contribution in [0, 0.1) is 0 Å². The fraction of sp³-hybridized carbons (Fsp3) is 0.350. The Balaban J connectivity index is 1.96. The molecule has 1 N–H and O–H groups in total. The first kappa shape index (κ1) is 19.4. The number of phenolic OH excluding ortho intramolecular Hbond substituents is 1. The summed E-state index contributed by atoms with van der Waals surface area (Å²) in [5.74, 6) is 0.411. The minimum absolute atomic E-state index is 0.00105. The Morgan fingerprint density at radius 3 is 2.63 bits per heavy atom. The van der Waals surface area contributed by atoms with Crippen LogP contribution >= 0.6 is 0 Å². The van der Waals surface area contributed by atoms with Crippen molar-refractivity contribution in [2.24, 2.45) is 0 Å². The molecule has 3 rings (SSSR count). The van der Waals surface area contributed by atoms with Gasteiger partial charge >= 0.3 is 0 Å². The molecule has 1 aliphatic rings. The van der Waals surface area contributed by atoms with Crippen LogP contribution in [0.15, 0.2) is 47.6 Å². The van der Waals surface area contributed by atoms with Gasteiger partial charge in [0, 0.05) is 24.3 Å². The number of nitrogens with zero attached hydrogens (tertiary/aromatic N) is 2. The van der Waals surface area contributed by atoms with Crippen molar-refractivity contribution < 1.29 is 18.3 Å². The molecule has 0 amide bonds. The van der Waals surface area contributed by atoms with Crippen molar-refractivity contribution in [3.05, 3.63) is 53.7 Å². The van der Waals surface area contributed by atoms with Crippen LogP contribution < -0.4 is 4.74 Å². The minimum atomic E-state index is -3.76. The van der Waals surface area contributed by atoms with Gasteiger partial charge in [0.1, 0.15) is 5.60 Å². The lowest BCUT2D eigenvalue weighted by atomic mass is 10.00. The predicted octanol–water partition coefficient (Wildman–Crippen LogP) is 3.57. The number of sulfonamides is 1. The van der Waals surface area contributed by atoms with E-state index in [0.717, 1.165) is 5.56 Å². The van der Waals surface area contributed by atoms with Gasteiger partial charge in [-0.2, -0.15) is 4.31 Å². The van der Waals surface area contributed by atoms with Crippen LogP contribution in [0.5, 0.6) is 11.5 Å². The molecule has 0 fully saturated rings. The Hall–Kier alpha value is -2.38. The summed E-state index contributed by atoms with van der Waals surface area (Å²) >= 11 is 0. The highest BCUT2D eigenvalue weighted by Gasteiger charge is 2.30. The molecule has 1 aliphatic heterocycles. The molecule has 2 aromatic rings. The molecule has 0 unspecified atom stereocenters. The van der Waals surface area contributed by atoms with E-state index >= 15 is 0 Å². The lowest BCUT2D eigenvalue weighted by molar-refractivity contribution is 0.152. The number of aromatic nitrogens is 1. The first-order valence-corrected chi connectivity index (χ1v) is 10.2. The van der Waals surface area contributed by atoms with Gasteiger partial charge in [-0.25, -0.2) is 13.4 Å². The summed E-state index contributed by atoms with van der Waals surface area (Å²) < 4.78 is 33.2. The third-order valence-electron chi connectivity index (χ3n) is 4.31. The molecule has 27 heavy (non-hydrogen) atoms. The second-order valence-corrected chi connectivity index (χ2v) is 9.22. The monoisotopic (exact) mass is 388 g/mol. The molecule has 7 heteroatoms. The summed E-state index contributed by atoms with van der Waals surface area (Å²) in [6.45, 7) is 7.54. The second kappa shape index (κ2) is 6.98. The maximum Gasteiger partial charge on any atom is 0.261 e. The Morgan fingerprint density at radius 1 is 1.26 bits per heavy atom. The van der Waals surface area contributed by atoms with Crippen LogP contribution in [-0.4, -0.2) is 34.5 Å². The summed E-state index contributed by atoms with van der Waals surface area (Å²) in [5, 5.41) is 10.4. The molecule has 6 nitrogen and oxygen atoms in total. The van der Waals surface area contributed by atoms with Gasteiger partial charge < -0.3 is 9.84 Å². The minimum Gasteiger partial charge on any atom is -0.504 e. The number of fused-ring (bicyclic) bond motifs is 1. The van der Waals surface area contributed by atoms with E-state index in [1.807, 2.05) is 45.9 Å². The summed E-state index contributed by atoms with van der Waals surface area (Å²) in [6, 6.07) is 7.91. The van der Waals surface area contributed by atoms with Gasteiger partial charge in [-0.15, -0.1) is 0 Å². The van der Waals surface area contributed by atoms with Crippen molar-refractivity contribution in [3.63, 3.8) is 0 Å². The summed E-state index contributed by atoms with van der Waals surface area (Å²) in [7, 11) is -3.76. The lowest BCUT2D eigenvalue weighted by Gasteiger charge is -2.29. The summed E-state index contributed by atoms with van der Waals surface area (Å²) in [6.07, 6.45) is 5.25. The van der Waals surface area contributed by atoms with Crippen LogP contribution in [0.25, 0.3) is 6.08 Å². The van der Waals surface area contributed by atoms with E-state index in [1.165, 1.54) is 16.6 Å². The van der Waals surface area contributed by atoms with E-state index in [4.69, 9.17) is 4.74 Å². The number of rotatable bonds is 5. The molecule has 0 bridgehead atoms. The van der Waals surface area contributed by atoms with Crippen LogP contribution in [0.2, 0.25) is 0 Å². The molecule has 0 spiro atoms. The van der Waals surface area contributed by atoms with Crippen molar-refractivity contribution in [1.82, 2.24) is 9.29 Å². The maximum atomic E-state index is 13.0. The van der Waals surface area contributed by atoms with Crippen molar-refractivity contribution >= 4 is 16.1 Å². The average molecular weight is 388 g/mol. The maximum absolute atomic E-state index is 13.0. The standard InChI is InChI=1S/C20H24N2O4S/c1-14(2)22(27(24,25)18-7-5-6-10-21-18)13-15-11-16-8-9-20(3,4)26-19(16)17(23)12-15/h5-12,14,23H,13H2,1-4H3. The molecule has 2 heterocycles. The van der Waals surface area contributed by atoms with Gasteiger partial charge in [0.15, 0.2) is 16.5 Å².